The highest BCUT2D eigenvalue weighted by Crippen LogP contribution is 2.24. The summed E-state index contributed by atoms with van der Waals surface area (Å²) in [6.07, 6.45) is 2.40. The number of hydrogen-bond donors (Lipinski definition) is 2. The van der Waals surface area contributed by atoms with Crippen LogP contribution in [0.2, 0.25) is 5.02 Å². The van der Waals surface area contributed by atoms with Gasteiger partial charge in [0.05, 0.1) is 17.7 Å². The van der Waals surface area contributed by atoms with E-state index >= 15 is 0 Å². The predicted molar refractivity (Wildman–Crippen MR) is 130 cm³/mol. The van der Waals surface area contributed by atoms with Gasteiger partial charge in [-0.05, 0) is 52.8 Å². The van der Waals surface area contributed by atoms with Gasteiger partial charge in [-0.1, -0.05) is 54.1 Å². The first-order valence-corrected chi connectivity index (χ1v) is 11.2. The molecule has 0 saturated carbocycles. The normalized spacial score (nSPS) is 10.9. The summed E-state index contributed by atoms with van der Waals surface area (Å²) in [5.41, 5.74) is 3.01. The molecule has 5 nitrogen and oxygen atoms in total. The maximum Gasteiger partial charge on any atom is 0.307 e. The monoisotopic (exact) mass is 476 g/mol. The topological polar surface area (TPSA) is 79.3 Å². The Bertz CT molecular complexity index is 1360. The van der Waals surface area contributed by atoms with Gasteiger partial charge in [0.15, 0.2) is 0 Å². The molecule has 0 aliphatic rings. The van der Waals surface area contributed by atoms with Gasteiger partial charge < -0.3 is 10.4 Å². The van der Waals surface area contributed by atoms with Gasteiger partial charge in [0, 0.05) is 29.6 Å². The summed E-state index contributed by atoms with van der Waals surface area (Å²) in [6.45, 7) is 0.375. The van der Waals surface area contributed by atoms with Crippen LogP contribution in [0.5, 0.6) is 0 Å². The van der Waals surface area contributed by atoms with Gasteiger partial charge in [-0.2, -0.15) is 0 Å². The molecule has 0 saturated heterocycles. The number of nitrogens with zero attached hydrogens (tertiary/aromatic N) is 1. The van der Waals surface area contributed by atoms with Crippen molar-refractivity contribution in [3.8, 4) is 0 Å². The lowest BCUT2D eigenvalue weighted by atomic mass is 9.99. The minimum absolute atomic E-state index is 0.0190. The molecule has 2 N–H and O–H groups in total. The first-order valence-electron chi connectivity index (χ1n) is 10.8. The SMILES string of the molecule is O=C(O)Cc1cnc(Cc2ccc(C(=O)NCCc3ccc(Cl)cc3)c(F)c2)c2ccccc12. The first kappa shape index (κ1) is 23.4. The Labute approximate surface area is 201 Å². The Kier molecular flexibility index (Phi) is 7.18. The number of fused-ring (bicyclic) bond motifs is 1. The van der Waals surface area contributed by atoms with Crippen molar-refractivity contribution >= 4 is 34.2 Å². The molecule has 0 aliphatic heterocycles. The lowest BCUT2D eigenvalue weighted by Crippen LogP contribution is -2.26. The zero-order valence-electron chi connectivity index (χ0n) is 18.2. The number of amides is 1. The van der Waals surface area contributed by atoms with Gasteiger partial charge in [-0.25, -0.2) is 4.39 Å². The number of halogens is 2. The second-order valence-electron chi connectivity index (χ2n) is 7.97. The number of rotatable bonds is 8. The fraction of sp³-hybridized carbons (Fsp3) is 0.148. The number of carboxylic acids is 1. The lowest BCUT2D eigenvalue weighted by Gasteiger charge is -2.11. The third-order valence-electron chi connectivity index (χ3n) is 5.56. The number of aliphatic carboxylic acids is 1. The highest BCUT2D eigenvalue weighted by Gasteiger charge is 2.14. The molecular weight excluding hydrogens is 455 g/mol. The van der Waals surface area contributed by atoms with E-state index in [0.29, 0.717) is 41.2 Å². The largest absolute Gasteiger partial charge is 0.481 e. The van der Waals surface area contributed by atoms with E-state index in [9.17, 15) is 14.0 Å². The van der Waals surface area contributed by atoms with E-state index in [1.54, 1.807) is 24.4 Å². The van der Waals surface area contributed by atoms with Crippen LogP contribution in [0.25, 0.3) is 10.8 Å². The summed E-state index contributed by atoms with van der Waals surface area (Å²) in [5, 5.41) is 14.2. The van der Waals surface area contributed by atoms with Gasteiger partial charge >= 0.3 is 5.97 Å². The van der Waals surface area contributed by atoms with Crippen molar-refractivity contribution in [2.24, 2.45) is 0 Å². The number of carbonyl (C=O) groups excluding carboxylic acids is 1. The summed E-state index contributed by atoms with van der Waals surface area (Å²) in [4.78, 5) is 28.0. The number of nitrogens with one attached hydrogen (secondary N) is 1. The second-order valence-corrected chi connectivity index (χ2v) is 8.41. The summed E-state index contributed by atoms with van der Waals surface area (Å²) in [5.74, 6) is -2.00. The van der Waals surface area contributed by atoms with Crippen molar-refractivity contribution in [1.29, 1.82) is 0 Å². The number of hydrogen-bond acceptors (Lipinski definition) is 3. The van der Waals surface area contributed by atoms with E-state index < -0.39 is 17.7 Å². The van der Waals surface area contributed by atoms with E-state index in [-0.39, 0.29) is 12.0 Å². The molecule has 172 valence electrons. The number of benzene rings is 3. The quantitative estimate of drug-likeness (QED) is 0.365. The van der Waals surface area contributed by atoms with E-state index in [4.69, 9.17) is 16.7 Å². The number of pyridine rings is 1. The van der Waals surface area contributed by atoms with Crippen LogP contribution < -0.4 is 5.32 Å². The summed E-state index contributed by atoms with van der Waals surface area (Å²) < 4.78 is 14.8. The van der Waals surface area contributed by atoms with Crippen LogP contribution in [0, 0.1) is 5.82 Å². The molecule has 1 aromatic heterocycles. The van der Waals surface area contributed by atoms with Crippen molar-refractivity contribution in [2.45, 2.75) is 19.3 Å². The molecule has 0 bridgehead atoms. The molecule has 3 aromatic carbocycles. The Morgan fingerprint density at radius 1 is 0.971 bits per heavy atom. The van der Waals surface area contributed by atoms with Crippen LogP contribution in [0.1, 0.15) is 32.7 Å². The fourth-order valence-corrected chi connectivity index (χ4v) is 3.99. The molecule has 0 fully saturated rings. The number of carboxylic acid groups (broad SMARTS) is 1. The van der Waals surface area contributed by atoms with Gasteiger partial charge in [-0.15, -0.1) is 0 Å². The van der Waals surface area contributed by atoms with Crippen molar-refractivity contribution in [3.63, 3.8) is 0 Å². The third kappa shape index (κ3) is 5.58. The van der Waals surface area contributed by atoms with E-state index in [0.717, 1.165) is 16.3 Å². The first-order chi connectivity index (χ1) is 16.4. The zero-order valence-corrected chi connectivity index (χ0v) is 19.0. The maximum absolute atomic E-state index is 14.8. The van der Waals surface area contributed by atoms with E-state index in [1.807, 2.05) is 36.4 Å². The number of carbonyl (C=O) groups is 2. The summed E-state index contributed by atoms with van der Waals surface area (Å²) in [6, 6.07) is 19.3. The summed E-state index contributed by atoms with van der Waals surface area (Å²) in [7, 11) is 0. The average molecular weight is 477 g/mol. The highest BCUT2D eigenvalue weighted by molar-refractivity contribution is 6.30. The van der Waals surface area contributed by atoms with Crippen molar-refractivity contribution < 1.29 is 19.1 Å². The van der Waals surface area contributed by atoms with Crippen LogP contribution in [0.15, 0.2) is 72.9 Å². The van der Waals surface area contributed by atoms with Crippen LogP contribution in [0.4, 0.5) is 4.39 Å². The maximum atomic E-state index is 14.8. The van der Waals surface area contributed by atoms with Gasteiger partial charge in [-0.3, -0.25) is 14.6 Å². The van der Waals surface area contributed by atoms with Crippen molar-refractivity contribution in [2.75, 3.05) is 6.54 Å². The molecule has 0 unspecified atom stereocenters. The van der Waals surface area contributed by atoms with E-state index in [2.05, 4.69) is 10.3 Å². The molecule has 0 atom stereocenters. The van der Waals surface area contributed by atoms with Crippen molar-refractivity contribution in [1.82, 2.24) is 10.3 Å². The standard InChI is InChI=1S/C27H22ClFN2O3/c28-20-8-5-17(6-9-20)11-12-30-27(34)23-10-7-18(13-24(23)29)14-25-22-4-2-1-3-21(22)19(16-31-25)15-26(32)33/h1-10,13,16H,11-12,14-15H2,(H,30,34)(H,32,33). The second kappa shape index (κ2) is 10.4. The predicted octanol–water partition coefficient (Wildman–Crippen LogP) is 5.22. The van der Waals surface area contributed by atoms with E-state index in [1.165, 1.54) is 12.1 Å². The molecule has 1 heterocycles. The number of aromatic nitrogens is 1. The van der Waals surface area contributed by atoms with Crippen LogP contribution in [-0.4, -0.2) is 28.5 Å². The molecule has 4 aromatic rings. The van der Waals surface area contributed by atoms with Crippen LogP contribution >= 0.6 is 11.6 Å². The Morgan fingerprint density at radius 2 is 1.68 bits per heavy atom. The van der Waals surface area contributed by atoms with Gasteiger partial charge in [0.1, 0.15) is 5.82 Å². The average Bonchev–Trinajstić information content (AvgIpc) is 2.82. The molecule has 4 rings (SSSR count). The molecule has 0 aliphatic carbocycles. The smallest absolute Gasteiger partial charge is 0.307 e. The molecule has 0 radical (unpaired) electrons. The molecule has 0 spiro atoms. The molecular formula is C27H22ClFN2O3. The minimum Gasteiger partial charge on any atom is -0.481 e. The third-order valence-corrected chi connectivity index (χ3v) is 5.82. The van der Waals surface area contributed by atoms with Gasteiger partial charge in [0.25, 0.3) is 5.91 Å². The Hall–Kier alpha value is -3.77. The Balaban J connectivity index is 1.46. The van der Waals surface area contributed by atoms with Crippen LogP contribution in [-0.2, 0) is 24.1 Å². The minimum atomic E-state index is -0.927. The molecule has 1 amide bonds. The highest BCUT2D eigenvalue weighted by atomic mass is 35.5. The van der Waals surface area contributed by atoms with Gasteiger partial charge in [0.2, 0.25) is 0 Å². The fourth-order valence-electron chi connectivity index (χ4n) is 3.87. The lowest BCUT2D eigenvalue weighted by molar-refractivity contribution is -0.136. The zero-order chi connectivity index (χ0) is 24.1. The molecule has 7 heteroatoms. The summed E-state index contributed by atoms with van der Waals surface area (Å²) >= 11 is 5.87. The Morgan fingerprint density at radius 3 is 2.38 bits per heavy atom. The van der Waals surface area contributed by atoms with Crippen molar-refractivity contribution in [3.05, 3.63) is 112 Å². The van der Waals surface area contributed by atoms with Crippen LogP contribution in [0.3, 0.4) is 0 Å². The molecule has 34 heavy (non-hydrogen) atoms.